The third-order valence-electron chi connectivity index (χ3n) is 7.94. The number of anilines is 1. The van der Waals surface area contributed by atoms with E-state index in [1.54, 1.807) is 0 Å². The van der Waals surface area contributed by atoms with E-state index in [0.29, 0.717) is 19.1 Å². The fraction of sp³-hybridized carbons (Fsp3) is 0.321. The number of fused-ring (bicyclic) bond motifs is 5. The molecule has 1 aromatic heterocycles. The van der Waals surface area contributed by atoms with Gasteiger partial charge in [-0.1, -0.05) is 43.3 Å². The van der Waals surface area contributed by atoms with E-state index in [0.717, 1.165) is 63.7 Å². The van der Waals surface area contributed by atoms with E-state index in [-0.39, 0.29) is 11.8 Å². The first kappa shape index (κ1) is 19.0. The summed E-state index contributed by atoms with van der Waals surface area (Å²) in [7, 11) is 0. The number of ether oxygens (including phenoxy) is 2. The van der Waals surface area contributed by atoms with Gasteiger partial charge in [0, 0.05) is 23.1 Å². The molecule has 5 heteroatoms. The number of para-hydroxylation sites is 2. The summed E-state index contributed by atoms with van der Waals surface area (Å²) in [5.74, 6) is 3.20. The number of amides is 1. The summed E-state index contributed by atoms with van der Waals surface area (Å²) in [6.45, 7) is 5.74. The zero-order valence-corrected chi connectivity index (χ0v) is 18.8. The van der Waals surface area contributed by atoms with Crippen LogP contribution in [0.3, 0.4) is 0 Å². The second-order valence-electron chi connectivity index (χ2n) is 9.67. The predicted molar refractivity (Wildman–Crippen MR) is 125 cm³/mol. The Balaban J connectivity index is 1.34. The maximum Gasteiger partial charge on any atom is 0.245 e. The number of aryl methyl sites for hydroxylation is 1. The number of rotatable bonds is 2. The molecular weight excluding hydrogens is 414 g/mol. The summed E-state index contributed by atoms with van der Waals surface area (Å²) < 4.78 is 18.3. The molecule has 7 rings (SSSR count). The quantitative estimate of drug-likeness (QED) is 0.538. The zero-order chi connectivity index (χ0) is 22.3. The molecule has 4 heterocycles. The zero-order valence-electron chi connectivity index (χ0n) is 18.8. The van der Waals surface area contributed by atoms with E-state index >= 15 is 0 Å². The Bertz CT molecular complexity index is 1400. The van der Waals surface area contributed by atoms with Crippen LogP contribution in [0.4, 0.5) is 5.69 Å². The minimum absolute atomic E-state index is 0.0773. The van der Waals surface area contributed by atoms with Gasteiger partial charge in [-0.05, 0) is 48.1 Å². The highest BCUT2D eigenvalue weighted by atomic mass is 16.5. The van der Waals surface area contributed by atoms with Crippen molar-refractivity contribution in [1.29, 1.82) is 0 Å². The van der Waals surface area contributed by atoms with E-state index in [1.807, 2.05) is 54.3 Å². The molecule has 3 atom stereocenters. The maximum absolute atomic E-state index is 14.3. The van der Waals surface area contributed by atoms with Crippen LogP contribution in [0.1, 0.15) is 30.2 Å². The first-order valence-corrected chi connectivity index (χ1v) is 11.7. The van der Waals surface area contributed by atoms with Gasteiger partial charge in [-0.3, -0.25) is 4.79 Å². The molecule has 1 spiro atoms. The van der Waals surface area contributed by atoms with Gasteiger partial charge in [-0.15, -0.1) is 0 Å². The number of benzene rings is 2. The molecule has 1 aliphatic carbocycles. The summed E-state index contributed by atoms with van der Waals surface area (Å²) in [6, 6.07) is 16.3. The number of hydrogen-bond donors (Lipinski definition) is 0. The van der Waals surface area contributed by atoms with Crippen molar-refractivity contribution in [1.82, 2.24) is 0 Å². The van der Waals surface area contributed by atoms with Crippen molar-refractivity contribution in [2.24, 2.45) is 11.8 Å². The molecule has 1 saturated heterocycles. The molecule has 3 aliphatic heterocycles. The highest BCUT2D eigenvalue weighted by Crippen LogP contribution is 2.57. The van der Waals surface area contributed by atoms with Crippen LogP contribution in [0.25, 0.3) is 11.0 Å². The topological polar surface area (TPSA) is 51.9 Å². The van der Waals surface area contributed by atoms with Crippen LogP contribution in [0.5, 0.6) is 0 Å². The standard InChI is InChI=1S/C28H25NO4/c1-16-6-5-7-18-12-19(33-26(16)18)14-29-22-9-4-3-8-21(22)28(27(29)30)15-32-24-13-23-20(10-11-31-23)17(2)25(24)28/h3-9,12-13,17,20H,10-11,14-15H2,1-2H3. The van der Waals surface area contributed by atoms with Crippen LogP contribution in [0, 0.1) is 18.8 Å². The molecule has 0 saturated carbocycles. The molecule has 0 radical (unpaired) electrons. The molecule has 1 amide bonds. The van der Waals surface area contributed by atoms with Gasteiger partial charge >= 0.3 is 0 Å². The predicted octanol–water partition coefficient (Wildman–Crippen LogP) is 5.38. The van der Waals surface area contributed by atoms with Crippen LogP contribution in [0.2, 0.25) is 0 Å². The third kappa shape index (κ3) is 2.40. The van der Waals surface area contributed by atoms with Crippen molar-refractivity contribution >= 4 is 22.6 Å². The molecule has 2 aromatic carbocycles. The minimum Gasteiger partial charge on any atom is -0.497 e. The second-order valence-corrected chi connectivity index (χ2v) is 9.67. The Morgan fingerprint density at radius 1 is 1.12 bits per heavy atom. The van der Waals surface area contributed by atoms with Crippen molar-refractivity contribution in [3.63, 3.8) is 0 Å². The normalized spacial score (nSPS) is 27.5. The highest BCUT2D eigenvalue weighted by molar-refractivity contribution is 6.11. The van der Waals surface area contributed by atoms with Crippen molar-refractivity contribution in [3.8, 4) is 0 Å². The molecule has 3 unspecified atom stereocenters. The van der Waals surface area contributed by atoms with Crippen molar-refractivity contribution < 1.29 is 18.7 Å². The monoisotopic (exact) mass is 439 g/mol. The molecule has 5 nitrogen and oxygen atoms in total. The number of furan rings is 1. The number of carbonyl (C=O) groups excluding carboxylic acids is 1. The van der Waals surface area contributed by atoms with E-state index in [4.69, 9.17) is 13.9 Å². The van der Waals surface area contributed by atoms with Gasteiger partial charge < -0.3 is 18.8 Å². The highest BCUT2D eigenvalue weighted by Gasteiger charge is 2.60. The fourth-order valence-electron chi connectivity index (χ4n) is 6.39. The molecule has 33 heavy (non-hydrogen) atoms. The van der Waals surface area contributed by atoms with Crippen LogP contribution in [-0.4, -0.2) is 19.1 Å². The Morgan fingerprint density at radius 3 is 2.88 bits per heavy atom. The Morgan fingerprint density at radius 2 is 2.00 bits per heavy atom. The first-order valence-electron chi connectivity index (χ1n) is 11.7. The van der Waals surface area contributed by atoms with Gasteiger partial charge in [-0.2, -0.15) is 0 Å². The van der Waals surface area contributed by atoms with E-state index < -0.39 is 5.41 Å². The fourth-order valence-corrected chi connectivity index (χ4v) is 6.39. The van der Waals surface area contributed by atoms with Gasteiger partial charge in [0.05, 0.1) is 13.2 Å². The molecule has 4 aliphatic rings. The summed E-state index contributed by atoms with van der Waals surface area (Å²) in [5, 5.41) is 1.06. The molecule has 3 aromatic rings. The van der Waals surface area contributed by atoms with E-state index in [9.17, 15) is 4.79 Å². The average Bonchev–Trinajstić information content (AvgIpc) is 3.58. The smallest absolute Gasteiger partial charge is 0.245 e. The van der Waals surface area contributed by atoms with E-state index in [1.165, 1.54) is 0 Å². The molecule has 1 fully saturated rings. The maximum atomic E-state index is 14.3. The summed E-state index contributed by atoms with van der Waals surface area (Å²) in [4.78, 5) is 16.2. The number of nitrogens with zero attached hydrogens (tertiary/aromatic N) is 1. The summed E-state index contributed by atoms with van der Waals surface area (Å²) in [5.41, 5.74) is 4.30. The van der Waals surface area contributed by atoms with Crippen molar-refractivity contribution in [2.75, 3.05) is 18.1 Å². The lowest BCUT2D eigenvalue weighted by molar-refractivity contribution is -0.122. The lowest BCUT2D eigenvalue weighted by atomic mass is 9.67. The molecular formula is C28H25NO4. The van der Waals surface area contributed by atoms with Crippen LogP contribution >= 0.6 is 0 Å². The Labute approximate surface area is 192 Å². The number of allylic oxidation sites excluding steroid dienone is 2. The number of hydrogen-bond acceptors (Lipinski definition) is 4. The molecule has 166 valence electrons. The SMILES string of the molecule is Cc1cccc2cc(CN3C(=O)C4(COC5=C4C(C)C4CCOC4=C5)c4ccccc43)oc12. The summed E-state index contributed by atoms with van der Waals surface area (Å²) >= 11 is 0. The van der Waals surface area contributed by atoms with Crippen LogP contribution in [-0.2, 0) is 26.2 Å². The van der Waals surface area contributed by atoms with Gasteiger partial charge in [0.25, 0.3) is 0 Å². The van der Waals surface area contributed by atoms with Crippen molar-refractivity contribution in [2.45, 2.75) is 32.2 Å². The first-order chi connectivity index (χ1) is 16.1. The van der Waals surface area contributed by atoms with Crippen molar-refractivity contribution in [3.05, 3.63) is 88.6 Å². The minimum atomic E-state index is -0.780. The van der Waals surface area contributed by atoms with Gasteiger partial charge in [0.15, 0.2) is 0 Å². The second kappa shape index (κ2) is 6.53. The average molecular weight is 440 g/mol. The lowest BCUT2D eigenvalue weighted by Crippen LogP contribution is -2.44. The third-order valence-corrected chi connectivity index (χ3v) is 7.94. The summed E-state index contributed by atoms with van der Waals surface area (Å²) in [6.07, 6.45) is 3.01. The van der Waals surface area contributed by atoms with Crippen LogP contribution < -0.4 is 4.90 Å². The number of carbonyl (C=O) groups is 1. The molecule has 0 bridgehead atoms. The Hall–Kier alpha value is -3.47. The lowest BCUT2D eigenvalue weighted by Gasteiger charge is -2.32. The largest absolute Gasteiger partial charge is 0.497 e. The van der Waals surface area contributed by atoms with Gasteiger partial charge in [0.1, 0.15) is 34.9 Å². The Kier molecular flexibility index (Phi) is 3.77. The van der Waals surface area contributed by atoms with Crippen LogP contribution in [0.15, 0.2) is 76.1 Å². The molecule has 0 N–H and O–H groups in total. The van der Waals surface area contributed by atoms with E-state index in [2.05, 4.69) is 19.1 Å². The van der Waals surface area contributed by atoms with Gasteiger partial charge in [0.2, 0.25) is 5.91 Å². The van der Waals surface area contributed by atoms with Gasteiger partial charge in [-0.25, -0.2) is 0 Å².